The summed E-state index contributed by atoms with van der Waals surface area (Å²) in [5.41, 5.74) is 0.661. The number of hydrogen-bond acceptors (Lipinski definition) is 5. The highest BCUT2D eigenvalue weighted by Crippen LogP contribution is 2.28. The van der Waals surface area contributed by atoms with Crippen molar-refractivity contribution in [1.82, 2.24) is 9.97 Å². The van der Waals surface area contributed by atoms with Crippen molar-refractivity contribution in [2.45, 2.75) is 26.7 Å². The first-order valence-electron chi connectivity index (χ1n) is 6.34. The highest BCUT2D eigenvalue weighted by molar-refractivity contribution is 6.29. The molecule has 21 heavy (non-hydrogen) atoms. The third kappa shape index (κ3) is 3.66. The summed E-state index contributed by atoms with van der Waals surface area (Å²) in [6, 6.07) is 5.88. The zero-order valence-corrected chi connectivity index (χ0v) is 12.6. The number of non-ortho nitro benzene ring substituents is 1. The van der Waals surface area contributed by atoms with E-state index in [0.717, 1.165) is 0 Å². The molecule has 0 aliphatic rings. The number of ether oxygens (including phenoxy) is 1. The number of nitro groups is 1. The molecule has 0 N–H and O–H groups in total. The fourth-order valence-electron chi connectivity index (χ4n) is 1.70. The Morgan fingerprint density at radius 3 is 2.57 bits per heavy atom. The lowest BCUT2D eigenvalue weighted by Crippen LogP contribution is -2.00. The van der Waals surface area contributed by atoms with Crippen LogP contribution in [0.1, 0.15) is 31.2 Å². The van der Waals surface area contributed by atoms with Crippen molar-refractivity contribution >= 4 is 17.3 Å². The maximum absolute atomic E-state index is 10.7. The van der Waals surface area contributed by atoms with E-state index in [1.54, 1.807) is 13.0 Å². The van der Waals surface area contributed by atoms with E-state index in [4.69, 9.17) is 16.3 Å². The van der Waals surface area contributed by atoms with Crippen molar-refractivity contribution in [2.75, 3.05) is 0 Å². The third-order valence-electron chi connectivity index (χ3n) is 2.79. The van der Waals surface area contributed by atoms with Gasteiger partial charge in [0, 0.05) is 24.1 Å². The summed E-state index contributed by atoms with van der Waals surface area (Å²) in [6.45, 7) is 5.63. The van der Waals surface area contributed by atoms with Crippen LogP contribution < -0.4 is 4.74 Å². The molecule has 110 valence electrons. The Morgan fingerprint density at radius 1 is 1.29 bits per heavy atom. The van der Waals surface area contributed by atoms with Gasteiger partial charge >= 0.3 is 0 Å². The number of nitro benzene ring substituents is 1. The van der Waals surface area contributed by atoms with Gasteiger partial charge < -0.3 is 4.74 Å². The quantitative estimate of drug-likeness (QED) is 0.479. The minimum absolute atomic E-state index is 0.0171. The fourth-order valence-corrected chi connectivity index (χ4v) is 1.88. The van der Waals surface area contributed by atoms with Gasteiger partial charge in [0.25, 0.3) is 5.69 Å². The molecule has 0 atom stereocenters. The lowest BCUT2D eigenvalue weighted by Gasteiger charge is -2.10. The zero-order chi connectivity index (χ0) is 15.6. The van der Waals surface area contributed by atoms with Crippen molar-refractivity contribution in [3.8, 4) is 11.6 Å². The maximum Gasteiger partial charge on any atom is 0.269 e. The number of rotatable bonds is 4. The molecule has 2 rings (SSSR count). The molecule has 0 radical (unpaired) electrons. The molecule has 0 saturated carbocycles. The van der Waals surface area contributed by atoms with E-state index in [2.05, 4.69) is 9.97 Å². The van der Waals surface area contributed by atoms with Crippen molar-refractivity contribution in [3.63, 3.8) is 0 Å². The van der Waals surface area contributed by atoms with Crippen LogP contribution in [0.25, 0.3) is 0 Å². The Balaban J connectivity index is 2.32. The van der Waals surface area contributed by atoms with Crippen molar-refractivity contribution in [1.29, 1.82) is 0 Å². The smallest absolute Gasteiger partial charge is 0.269 e. The van der Waals surface area contributed by atoms with Crippen LogP contribution in [0.15, 0.2) is 24.3 Å². The minimum atomic E-state index is -0.449. The minimum Gasteiger partial charge on any atom is -0.439 e. The molecule has 0 amide bonds. The summed E-state index contributed by atoms with van der Waals surface area (Å²) >= 11 is 5.95. The van der Waals surface area contributed by atoms with E-state index in [9.17, 15) is 10.1 Å². The number of aromatic nitrogens is 2. The van der Waals surface area contributed by atoms with Crippen LogP contribution in [0.3, 0.4) is 0 Å². The van der Waals surface area contributed by atoms with Crippen LogP contribution in [0, 0.1) is 17.0 Å². The van der Waals surface area contributed by atoms with Crippen LogP contribution in [-0.4, -0.2) is 14.9 Å². The van der Waals surface area contributed by atoms with Crippen molar-refractivity contribution < 1.29 is 9.66 Å². The predicted molar refractivity (Wildman–Crippen MR) is 79.0 cm³/mol. The summed E-state index contributed by atoms with van der Waals surface area (Å²) in [4.78, 5) is 18.7. The van der Waals surface area contributed by atoms with E-state index in [1.165, 1.54) is 18.2 Å². The Kier molecular flexibility index (Phi) is 4.37. The third-order valence-corrected chi connectivity index (χ3v) is 2.98. The van der Waals surface area contributed by atoms with Crippen molar-refractivity contribution in [3.05, 3.63) is 50.9 Å². The SMILES string of the molecule is Cc1cc([N+](=O)[O-])ccc1Oc1cc(Cl)nc(C(C)C)n1. The van der Waals surface area contributed by atoms with Crippen LogP contribution >= 0.6 is 11.6 Å². The lowest BCUT2D eigenvalue weighted by atomic mass is 10.2. The molecule has 7 heteroatoms. The normalized spacial score (nSPS) is 10.7. The molecule has 0 saturated heterocycles. The topological polar surface area (TPSA) is 78.2 Å². The lowest BCUT2D eigenvalue weighted by molar-refractivity contribution is -0.384. The molecule has 0 bridgehead atoms. The molecule has 1 aromatic carbocycles. The molecule has 0 fully saturated rings. The van der Waals surface area contributed by atoms with Gasteiger partial charge in [0.2, 0.25) is 5.88 Å². The summed E-state index contributed by atoms with van der Waals surface area (Å²) in [5, 5.41) is 11.0. The highest BCUT2D eigenvalue weighted by atomic mass is 35.5. The second kappa shape index (κ2) is 6.05. The first-order chi connectivity index (χ1) is 9.86. The molecule has 1 aromatic heterocycles. The number of hydrogen-bond donors (Lipinski definition) is 0. The summed E-state index contributed by atoms with van der Waals surface area (Å²) in [6.07, 6.45) is 0. The van der Waals surface area contributed by atoms with Crippen LogP contribution in [-0.2, 0) is 0 Å². The monoisotopic (exact) mass is 307 g/mol. The first kappa shape index (κ1) is 15.2. The van der Waals surface area contributed by atoms with Gasteiger partial charge in [0.1, 0.15) is 16.7 Å². The van der Waals surface area contributed by atoms with Gasteiger partial charge in [-0.2, -0.15) is 4.98 Å². The van der Waals surface area contributed by atoms with E-state index < -0.39 is 4.92 Å². The number of benzene rings is 1. The predicted octanol–water partition coefficient (Wildman–Crippen LogP) is 4.26. The molecule has 0 spiro atoms. The number of halogens is 1. The highest BCUT2D eigenvalue weighted by Gasteiger charge is 2.12. The van der Waals surface area contributed by atoms with Gasteiger partial charge in [-0.3, -0.25) is 10.1 Å². The van der Waals surface area contributed by atoms with Gasteiger partial charge in [-0.05, 0) is 18.6 Å². The van der Waals surface area contributed by atoms with Crippen LogP contribution in [0.2, 0.25) is 5.15 Å². The van der Waals surface area contributed by atoms with E-state index in [-0.39, 0.29) is 11.6 Å². The van der Waals surface area contributed by atoms with E-state index in [1.807, 2.05) is 13.8 Å². The molecule has 0 unspecified atom stereocenters. The van der Waals surface area contributed by atoms with Crippen LogP contribution in [0.4, 0.5) is 5.69 Å². The Bertz CT molecular complexity index is 689. The molecule has 0 aliphatic carbocycles. The molecule has 1 heterocycles. The average Bonchev–Trinajstić information content (AvgIpc) is 2.40. The summed E-state index contributed by atoms with van der Waals surface area (Å²) < 4.78 is 5.66. The van der Waals surface area contributed by atoms with Crippen LogP contribution in [0.5, 0.6) is 11.6 Å². The second-order valence-corrected chi connectivity index (χ2v) is 5.24. The standard InChI is InChI=1S/C14H14ClN3O3/c1-8(2)14-16-12(15)7-13(17-14)21-11-5-4-10(18(19)20)6-9(11)3/h4-8H,1-3H3. The molecular formula is C14H14ClN3O3. The first-order valence-corrected chi connectivity index (χ1v) is 6.72. The van der Waals surface area contributed by atoms with Gasteiger partial charge in [0.15, 0.2) is 0 Å². The zero-order valence-electron chi connectivity index (χ0n) is 11.8. The number of nitrogens with zero attached hydrogens (tertiary/aromatic N) is 3. The van der Waals surface area contributed by atoms with Gasteiger partial charge in [-0.1, -0.05) is 25.4 Å². The van der Waals surface area contributed by atoms with Gasteiger partial charge in [-0.25, -0.2) is 4.98 Å². The Hall–Kier alpha value is -2.21. The maximum atomic E-state index is 10.7. The summed E-state index contributed by atoms with van der Waals surface area (Å²) in [5.74, 6) is 1.50. The molecule has 2 aromatic rings. The Labute approximate surface area is 126 Å². The Morgan fingerprint density at radius 2 is 2.00 bits per heavy atom. The van der Waals surface area contributed by atoms with E-state index in [0.29, 0.717) is 28.2 Å². The largest absolute Gasteiger partial charge is 0.439 e. The molecule has 0 aliphatic heterocycles. The molecular weight excluding hydrogens is 294 g/mol. The second-order valence-electron chi connectivity index (χ2n) is 4.85. The average molecular weight is 308 g/mol. The van der Waals surface area contributed by atoms with Gasteiger partial charge in [0.05, 0.1) is 4.92 Å². The van der Waals surface area contributed by atoms with Crippen molar-refractivity contribution in [2.24, 2.45) is 0 Å². The summed E-state index contributed by atoms with van der Waals surface area (Å²) in [7, 11) is 0. The molecule has 6 nitrogen and oxygen atoms in total. The van der Waals surface area contributed by atoms with Gasteiger partial charge in [-0.15, -0.1) is 0 Å². The fraction of sp³-hybridized carbons (Fsp3) is 0.286. The number of aryl methyl sites for hydroxylation is 1. The van der Waals surface area contributed by atoms with E-state index >= 15 is 0 Å².